The number of hydrogen-bond acceptors (Lipinski definition) is 3. The van der Waals surface area contributed by atoms with Crippen LogP contribution in [0.15, 0.2) is 0 Å². The number of nitriles is 1. The van der Waals surface area contributed by atoms with Gasteiger partial charge in [0.05, 0.1) is 6.07 Å². The Hall–Kier alpha value is -1.08. The summed E-state index contributed by atoms with van der Waals surface area (Å²) in [5, 5.41) is 9.22. The Balaban J connectivity index is 2.89. The minimum absolute atomic E-state index is 0.0585. The molecule has 0 saturated carbocycles. The molecule has 0 radical (unpaired) electrons. The first-order chi connectivity index (χ1) is 6.95. The Morgan fingerprint density at radius 2 is 2.33 bits per heavy atom. The molecule has 0 aromatic carbocycles. The summed E-state index contributed by atoms with van der Waals surface area (Å²) >= 11 is 0. The van der Waals surface area contributed by atoms with E-state index in [-0.39, 0.29) is 17.7 Å². The van der Waals surface area contributed by atoms with Gasteiger partial charge in [0.15, 0.2) is 0 Å². The standard InChI is InChI=1S/C11H19N3O/c1-8(2)11(3,7-13)14-6-9(5-12)4-10(14)15/h8-9H,4-6,12H2,1-3H3. The van der Waals surface area contributed by atoms with Gasteiger partial charge in [-0.15, -0.1) is 0 Å². The second kappa shape index (κ2) is 4.19. The van der Waals surface area contributed by atoms with Crippen molar-refractivity contribution in [2.24, 2.45) is 17.6 Å². The molecule has 1 rings (SSSR count). The van der Waals surface area contributed by atoms with E-state index in [0.717, 1.165) is 0 Å². The molecular weight excluding hydrogens is 190 g/mol. The van der Waals surface area contributed by atoms with Gasteiger partial charge in [0.2, 0.25) is 5.91 Å². The van der Waals surface area contributed by atoms with Crippen LogP contribution < -0.4 is 5.73 Å². The molecule has 1 fully saturated rings. The first-order valence-electron chi connectivity index (χ1n) is 5.37. The van der Waals surface area contributed by atoms with Crippen LogP contribution in [0.2, 0.25) is 0 Å². The molecule has 1 heterocycles. The predicted octanol–water partition coefficient (Wildman–Crippen LogP) is 0.732. The van der Waals surface area contributed by atoms with Crippen molar-refractivity contribution in [1.29, 1.82) is 5.26 Å². The summed E-state index contributed by atoms with van der Waals surface area (Å²) in [4.78, 5) is 13.5. The lowest BCUT2D eigenvalue weighted by molar-refractivity contribution is -0.132. The van der Waals surface area contributed by atoms with Crippen molar-refractivity contribution in [2.45, 2.75) is 32.7 Å². The summed E-state index contributed by atoms with van der Waals surface area (Å²) in [7, 11) is 0. The van der Waals surface area contributed by atoms with Crippen molar-refractivity contribution in [1.82, 2.24) is 4.90 Å². The van der Waals surface area contributed by atoms with Gasteiger partial charge in [0, 0.05) is 13.0 Å². The second-order valence-corrected chi connectivity index (χ2v) is 4.72. The number of rotatable bonds is 3. The number of hydrogen-bond donors (Lipinski definition) is 1. The number of amides is 1. The Kier molecular flexibility index (Phi) is 3.35. The van der Waals surface area contributed by atoms with Gasteiger partial charge in [-0.3, -0.25) is 4.79 Å². The van der Waals surface area contributed by atoms with Gasteiger partial charge in [0.25, 0.3) is 0 Å². The molecule has 1 aliphatic heterocycles. The third kappa shape index (κ3) is 1.98. The third-order valence-corrected chi connectivity index (χ3v) is 3.45. The number of carbonyl (C=O) groups excluding carboxylic acids is 1. The zero-order valence-corrected chi connectivity index (χ0v) is 9.66. The summed E-state index contributed by atoms with van der Waals surface area (Å²) in [6.07, 6.45) is 0.487. The lowest BCUT2D eigenvalue weighted by atomic mass is 9.88. The molecule has 2 unspecified atom stereocenters. The van der Waals surface area contributed by atoms with Crippen molar-refractivity contribution in [2.75, 3.05) is 13.1 Å². The maximum atomic E-state index is 11.8. The highest BCUT2D eigenvalue weighted by Gasteiger charge is 2.43. The van der Waals surface area contributed by atoms with Crippen molar-refractivity contribution in [3.63, 3.8) is 0 Å². The van der Waals surface area contributed by atoms with E-state index in [4.69, 9.17) is 5.73 Å². The second-order valence-electron chi connectivity index (χ2n) is 4.72. The van der Waals surface area contributed by atoms with Crippen LogP contribution in [0.5, 0.6) is 0 Å². The minimum Gasteiger partial charge on any atom is -0.330 e. The molecule has 15 heavy (non-hydrogen) atoms. The van der Waals surface area contributed by atoms with Gasteiger partial charge in [-0.05, 0) is 25.3 Å². The van der Waals surface area contributed by atoms with Gasteiger partial charge < -0.3 is 10.6 Å². The molecular formula is C11H19N3O. The lowest BCUT2D eigenvalue weighted by Crippen LogP contribution is -2.50. The van der Waals surface area contributed by atoms with Crippen LogP contribution in [0.3, 0.4) is 0 Å². The van der Waals surface area contributed by atoms with E-state index < -0.39 is 5.54 Å². The fourth-order valence-corrected chi connectivity index (χ4v) is 1.89. The number of carbonyl (C=O) groups is 1. The molecule has 1 saturated heterocycles. The zero-order valence-electron chi connectivity index (χ0n) is 9.66. The summed E-state index contributed by atoms with van der Waals surface area (Å²) in [6.45, 7) is 6.90. The van der Waals surface area contributed by atoms with Crippen molar-refractivity contribution in [3.8, 4) is 6.07 Å². The van der Waals surface area contributed by atoms with E-state index in [2.05, 4.69) is 6.07 Å². The van der Waals surface area contributed by atoms with E-state index in [1.165, 1.54) is 0 Å². The molecule has 0 aromatic heterocycles. The molecule has 0 aromatic rings. The normalized spacial score (nSPS) is 25.5. The van der Waals surface area contributed by atoms with Crippen LogP contribution in [0.25, 0.3) is 0 Å². The highest BCUT2D eigenvalue weighted by Crippen LogP contribution is 2.30. The zero-order chi connectivity index (χ0) is 11.6. The molecule has 1 amide bonds. The smallest absolute Gasteiger partial charge is 0.224 e. The third-order valence-electron chi connectivity index (χ3n) is 3.45. The van der Waals surface area contributed by atoms with E-state index in [1.54, 1.807) is 4.90 Å². The monoisotopic (exact) mass is 209 g/mol. The van der Waals surface area contributed by atoms with Gasteiger partial charge in [0.1, 0.15) is 5.54 Å². The van der Waals surface area contributed by atoms with Crippen LogP contribution >= 0.6 is 0 Å². The molecule has 0 aliphatic carbocycles. The van der Waals surface area contributed by atoms with Gasteiger partial charge in [-0.1, -0.05) is 13.8 Å². The average Bonchev–Trinajstić information content (AvgIpc) is 2.58. The van der Waals surface area contributed by atoms with E-state index in [0.29, 0.717) is 19.5 Å². The molecule has 0 bridgehead atoms. The number of likely N-dealkylation sites (tertiary alicyclic amines) is 1. The SMILES string of the molecule is CC(C)C(C)(C#N)N1CC(CN)CC1=O. The Morgan fingerprint density at radius 3 is 2.67 bits per heavy atom. The van der Waals surface area contributed by atoms with Gasteiger partial charge in [-0.2, -0.15) is 5.26 Å². The van der Waals surface area contributed by atoms with Crippen LogP contribution in [-0.2, 0) is 4.79 Å². The van der Waals surface area contributed by atoms with E-state index >= 15 is 0 Å². The largest absolute Gasteiger partial charge is 0.330 e. The van der Waals surface area contributed by atoms with Crippen molar-refractivity contribution in [3.05, 3.63) is 0 Å². The molecule has 1 aliphatic rings. The highest BCUT2D eigenvalue weighted by molar-refractivity contribution is 5.80. The Labute approximate surface area is 91.0 Å². The molecule has 84 valence electrons. The van der Waals surface area contributed by atoms with Crippen LogP contribution in [0.4, 0.5) is 0 Å². The topological polar surface area (TPSA) is 70.1 Å². The summed E-state index contributed by atoms with van der Waals surface area (Å²) in [6, 6.07) is 2.26. The van der Waals surface area contributed by atoms with Gasteiger partial charge >= 0.3 is 0 Å². The summed E-state index contributed by atoms with van der Waals surface area (Å²) in [5.74, 6) is 0.398. The minimum atomic E-state index is -0.693. The molecule has 4 heteroatoms. The first kappa shape index (κ1) is 12.0. The summed E-state index contributed by atoms with van der Waals surface area (Å²) in [5.41, 5.74) is 4.86. The molecule has 4 nitrogen and oxygen atoms in total. The van der Waals surface area contributed by atoms with E-state index in [1.807, 2.05) is 20.8 Å². The molecule has 0 spiro atoms. The predicted molar refractivity (Wildman–Crippen MR) is 57.7 cm³/mol. The van der Waals surface area contributed by atoms with Crippen LogP contribution in [-0.4, -0.2) is 29.4 Å². The molecule has 2 atom stereocenters. The first-order valence-corrected chi connectivity index (χ1v) is 5.37. The summed E-state index contributed by atoms with van der Waals surface area (Å²) < 4.78 is 0. The maximum Gasteiger partial charge on any atom is 0.224 e. The number of nitrogens with zero attached hydrogens (tertiary/aromatic N) is 2. The highest BCUT2D eigenvalue weighted by atomic mass is 16.2. The Bertz CT molecular complexity index is 295. The quantitative estimate of drug-likeness (QED) is 0.745. The van der Waals surface area contributed by atoms with Crippen LogP contribution in [0, 0.1) is 23.2 Å². The van der Waals surface area contributed by atoms with E-state index in [9.17, 15) is 10.1 Å². The van der Waals surface area contributed by atoms with Crippen molar-refractivity contribution < 1.29 is 4.79 Å². The molecule has 2 N–H and O–H groups in total. The van der Waals surface area contributed by atoms with Crippen LogP contribution in [0.1, 0.15) is 27.2 Å². The van der Waals surface area contributed by atoms with Crippen molar-refractivity contribution >= 4 is 5.91 Å². The maximum absolute atomic E-state index is 11.8. The average molecular weight is 209 g/mol. The fraction of sp³-hybridized carbons (Fsp3) is 0.818. The fourth-order valence-electron chi connectivity index (χ4n) is 1.89. The van der Waals surface area contributed by atoms with Gasteiger partial charge in [-0.25, -0.2) is 0 Å². The number of nitrogens with two attached hydrogens (primary N) is 1. The lowest BCUT2D eigenvalue weighted by Gasteiger charge is -2.36. The Morgan fingerprint density at radius 1 is 1.73 bits per heavy atom.